The molecule has 1 aliphatic heterocycles. The first-order chi connectivity index (χ1) is 4.47. The molecule has 2 heterocycles. The third kappa shape index (κ3) is 0.686. The molecule has 48 valence electrons. The molecule has 9 heavy (non-hydrogen) atoms. The van der Waals surface area contributed by atoms with Crippen molar-refractivity contribution in [2.45, 2.75) is 12.8 Å². The fraction of sp³-hybridized carbons (Fsp3) is 0.500. The molecule has 3 nitrogen and oxygen atoms in total. The van der Waals surface area contributed by atoms with Gasteiger partial charge in [0.1, 0.15) is 5.82 Å². The molecule has 0 unspecified atom stereocenters. The molecule has 0 amide bonds. The van der Waals surface area contributed by atoms with Crippen molar-refractivity contribution in [3.8, 4) is 0 Å². The summed E-state index contributed by atoms with van der Waals surface area (Å²) < 4.78 is 1.99. The summed E-state index contributed by atoms with van der Waals surface area (Å²) in [4.78, 5) is 4.16. The van der Waals surface area contributed by atoms with Gasteiger partial charge in [-0.05, 0) is 6.42 Å². The lowest BCUT2D eigenvalue weighted by molar-refractivity contribution is 0.648. The minimum absolute atomic E-state index is 1.07. The summed E-state index contributed by atoms with van der Waals surface area (Å²) in [6, 6.07) is 0. The van der Waals surface area contributed by atoms with Crippen molar-refractivity contribution in [1.29, 1.82) is 0 Å². The molecule has 1 aliphatic rings. The molecule has 0 atom stereocenters. The lowest BCUT2D eigenvalue weighted by atomic mass is 10.3. The summed E-state index contributed by atoms with van der Waals surface area (Å²) in [7, 11) is 0. The minimum atomic E-state index is 1.07. The third-order valence-electron chi connectivity index (χ3n) is 1.58. The topological polar surface area (TPSA) is 29.9 Å². The van der Waals surface area contributed by atoms with E-state index in [1.807, 2.05) is 17.1 Å². The smallest absolute Gasteiger partial charge is 0.127 e. The third-order valence-corrected chi connectivity index (χ3v) is 1.58. The van der Waals surface area contributed by atoms with Crippen LogP contribution in [0, 0.1) is 0 Å². The predicted molar refractivity (Wildman–Crippen MR) is 34.8 cm³/mol. The average Bonchev–Trinajstić information content (AvgIpc) is 2.33. The number of fused-ring (bicyclic) bond motifs is 1. The number of aryl methyl sites for hydroxylation is 1. The fourth-order valence-electron chi connectivity index (χ4n) is 1.11. The van der Waals surface area contributed by atoms with Gasteiger partial charge in [-0.15, -0.1) is 0 Å². The SMILES string of the molecule is c1cn2c(n1)CCCN2. The Morgan fingerprint density at radius 1 is 1.67 bits per heavy atom. The van der Waals surface area contributed by atoms with Crippen LogP contribution >= 0.6 is 0 Å². The Balaban J connectivity index is 2.39. The van der Waals surface area contributed by atoms with Gasteiger partial charge < -0.3 is 5.43 Å². The van der Waals surface area contributed by atoms with Gasteiger partial charge in [-0.1, -0.05) is 0 Å². The van der Waals surface area contributed by atoms with Crippen LogP contribution in [-0.4, -0.2) is 16.2 Å². The number of hydrogen-bond acceptors (Lipinski definition) is 2. The number of imidazole rings is 1. The second-order valence-corrected chi connectivity index (χ2v) is 2.23. The zero-order chi connectivity index (χ0) is 6.10. The second-order valence-electron chi connectivity index (χ2n) is 2.23. The molecule has 0 saturated heterocycles. The van der Waals surface area contributed by atoms with E-state index in [2.05, 4.69) is 10.4 Å². The highest BCUT2D eigenvalue weighted by Gasteiger charge is 2.05. The van der Waals surface area contributed by atoms with Gasteiger partial charge in [0, 0.05) is 25.4 Å². The van der Waals surface area contributed by atoms with E-state index in [4.69, 9.17) is 0 Å². The van der Waals surface area contributed by atoms with Gasteiger partial charge in [0.25, 0.3) is 0 Å². The Morgan fingerprint density at radius 3 is 3.56 bits per heavy atom. The molecule has 3 heteroatoms. The van der Waals surface area contributed by atoms with Gasteiger partial charge in [-0.3, -0.25) is 4.68 Å². The van der Waals surface area contributed by atoms with Crippen molar-refractivity contribution in [3.05, 3.63) is 18.2 Å². The summed E-state index contributed by atoms with van der Waals surface area (Å²) >= 11 is 0. The van der Waals surface area contributed by atoms with Crippen LogP contribution in [0.15, 0.2) is 12.4 Å². The molecule has 0 fully saturated rings. The highest BCUT2D eigenvalue weighted by molar-refractivity contribution is 4.99. The van der Waals surface area contributed by atoms with E-state index in [-0.39, 0.29) is 0 Å². The maximum Gasteiger partial charge on any atom is 0.127 e. The Morgan fingerprint density at radius 2 is 2.67 bits per heavy atom. The van der Waals surface area contributed by atoms with E-state index in [0.717, 1.165) is 18.8 Å². The highest BCUT2D eigenvalue weighted by Crippen LogP contribution is 2.03. The van der Waals surface area contributed by atoms with E-state index in [1.165, 1.54) is 6.42 Å². The monoisotopic (exact) mass is 123 g/mol. The average molecular weight is 123 g/mol. The van der Waals surface area contributed by atoms with Crippen LogP contribution in [0.25, 0.3) is 0 Å². The molecule has 0 aliphatic carbocycles. The Hall–Kier alpha value is -0.990. The normalized spacial score (nSPS) is 16.4. The number of rotatable bonds is 0. The van der Waals surface area contributed by atoms with Crippen molar-refractivity contribution < 1.29 is 0 Å². The molecule has 1 N–H and O–H groups in total. The van der Waals surface area contributed by atoms with E-state index in [0.29, 0.717) is 0 Å². The zero-order valence-electron chi connectivity index (χ0n) is 5.17. The Bertz CT molecular complexity index is 183. The summed E-state index contributed by atoms with van der Waals surface area (Å²) in [6.07, 6.45) is 6.10. The van der Waals surface area contributed by atoms with Crippen LogP contribution in [0.4, 0.5) is 0 Å². The maximum absolute atomic E-state index is 4.16. The molecule has 1 aromatic heterocycles. The van der Waals surface area contributed by atoms with E-state index >= 15 is 0 Å². The number of nitrogens with zero attached hydrogens (tertiary/aromatic N) is 2. The predicted octanol–water partition coefficient (Wildman–Crippen LogP) is 0.373. The van der Waals surface area contributed by atoms with Gasteiger partial charge in [0.15, 0.2) is 0 Å². The molecular weight excluding hydrogens is 114 g/mol. The zero-order valence-corrected chi connectivity index (χ0v) is 5.17. The highest BCUT2D eigenvalue weighted by atomic mass is 15.4. The minimum Gasteiger partial charge on any atom is -0.325 e. The lowest BCUT2D eigenvalue weighted by Crippen LogP contribution is -2.23. The summed E-state index contributed by atoms with van der Waals surface area (Å²) in [6.45, 7) is 1.07. The van der Waals surface area contributed by atoms with Gasteiger partial charge in [0.05, 0.1) is 0 Å². The van der Waals surface area contributed by atoms with Crippen LogP contribution < -0.4 is 5.43 Å². The van der Waals surface area contributed by atoms with Gasteiger partial charge in [-0.2, -0.15) is 0 Å². The van der Waals surface area contributed by atoms with Gasteiger partial charge >= 0.3 is 0 Å². The van der Waals surface area contributed by atoms with Crippen molar-refractivity contribution in [3.63, 3.8) is 0 Å². The van der Waals surface area contributed by atoms with Crippen LogP contribution in [0.1, 0.15) is 12.2 Å². The summed E-state index contributed by atoms with van der Waals surface area (Å²) in [5, 5.41) is 0. The number of hydrogen-bond donors (Lipinski definition) is 1. The molecule has 2 rings (SSSR count). The Kier molecular flexibility index (Phi) is 0.946. The van der Waals surface area contributed by atoms with E-state index in [9.17, 15) is 0 Å². The fourth-order valence-corrected chi connectivity index (χ4v) is 1.11. The molecule has 1 aromatic rings. The van der Waals surface area contributed by atoms with Gasteiger partial charge in [0.2, 0.25) is 0 Å². The standard InChI is InChI=1S/C6H9N3/c1-2-6-7-4-5-9(6)8-3-1/h4-5,8H,1-3H2. The second kappa shape index (κ2) is 1.76. The molecule has 0 radical (unpaired) electrons. The van der Waals surface area contributed by atoms with Crippen molar-refractivity contribution in [1.82, 2.24) is 9.66 Å². The first-order valence-electron chi connectivity index (χ1n) is 3.23. The largest absolute Gasteiger partial charge is 0.325 e. The Labute approximate surface area is 53.7 Å². The first kappa shape index (κ1) is 4.85. The van der Waals surface area contributed by atoms with Crippen molar-refractivity contribution >= 4 is 0 Å². The van der Waals surface area contributed by atoms with Crippen LogP contribution in [0.3, 0.4) is 0 Å². The van der Waals surface area contributed by atoms with Crippen LogP contribution in [-0.2, 0) is 6.42 Å². The van der Waals surface area contributed by atoms with Crippen molar-refractivity contribution in [2.24, 2.45) is 0 Å². The lowest BCUT2D eigenvalue weighted by Gasteiger charge is -2.15. The maximum atomic E-state index is 4.16. The molecule has 0 bridgehead atoms. The first-order valence-corrected chi connectivity index (χ1v) is 3.23. The quantitative estimate of drug-likeness (QED) is 0.540. The molecule has 0 saturated carbocycles. The van der Waals surface area contributed by atoms with Crippen LogP contribution in [0.2, 0.25) is 0 Å². The summed E-state index contributed by atoms with van der Waals surface area (Å²) in [5.41, 5.74) is 3.20. The van der Waals surface area contributed by atoms with E-state index < -0.39 is 0 Å². The molecule has 0 aromatic carbocycles. The van der Waals surface area contributed by atoms with Crippen molar-refractivity contribution in [2.75, 3.05) is 12.0 Å². The van der Waals surface area contributed by atoms with Crippen LogP contribution in [0.5, 0.6) is 0 Å². The number of aromatic nitrogens is 2. The molecule has 0 spiro atoms. The number of nitrogens with one attached hydrogen (secondary N) is 1. The molecular formula is C6H9N3. The van der Waals surface area contributed by atoms with Gasteiger partial charge in [-0.25, -0.2) is 4.98 Å². The van der Waals surface area contributed by atoms with E-state index in [1.54, 1.807) is 0 Å². The summed E-state index contributed by atoms with van der Waals surface area (Å²) in [5.74, 6) is 1.15.